The van der Waals surface area contributed by atoms with Crippen molar-refractivity contribution in [1.29, 1.82) is 0 Å². The Balaban J connectivity index is 0.000000219. The van der Waals surface area contributed by atoms with E-state index >= 15 is 0 Å². The van der Waals surface area contributed by atoms with Gasteiger partial charge in [0.1, 0.15) is 11.2 Å². The molecule has 414 valence electrons. The lowest BCUT2D eigenvalue weighted by atomic mass is 9.75. The minimum atomic E-state index is -0.469. The van der Waals surface area contributed by atoms with Crippen molar-refractivity contribution in [3.8, 4) is 22.3 Å². The van der Waals surface area contributed by atoms with E-state index in [-0.39, 0.29) is 52.2 Å². The highest BCUT2D eigenvalue weighted by molar-refractivity contribution is 6.54. The average Bonchev–Trinajstić information content (AvgIpc) is 3.52. The molecular formula is C66H94BClN2O6. The average molecular weight is 1060 g/mol. The van der Waals surface area contributed by atoms with E-state index in [2.05, 4.69) is 156 Å². The van der Waals surface area contributed by atoms with Gasteiger partial charge >= 0.3 is 19.3 Å². The summed E-state index contributed by atoms with van der Waals surface area (Å²) >= 11 is 6.15. The molecule has 10 heteroatoms. The number of rotatable bonds is 4. The number of hydrogen-bond acceptors (Lipinski definition) is 6. The van der Waals surface area contributed by atoms with E-state index < -0.39 is 11.2 Å². The first-order valence-electron chi connectivity index (χ1n) is 27.5. The summed E-state index contributed by atoms with van der Waals surface area (Å²) in [6.45, 7) is 49.2. The van der Waals surface area contributed by atoms with Gasteiger partial charge < -0.3 is 28.6 Å². The molecule has 8 nitrogen and oxygen atoms in total. The second kappa shape index (κ2) is 23.3. The van der Waals surface area contributed by atoms with Crippen LogP contribution in [-0.4, -0.2) is 77.7 Å². The van der Waals surface area contributed by atoms with Crippen LogP contribution in [0.15, 0.2) is 103 Å². The second-order valence-electron chi connectivity index (χ2n) is 28.1. The molecule has 0 saturated carbocycles. The zero-order chi connectivity index (χ0) is 57.2. The zero-order valence-corrected chi connectivity index (χ0v) is 51.5. The van der Waals surface area contributed by atoms with Crippen molar-refractivity contribution in [3.63, 3.8) is 0 Å². The zero-order valence-electron chi connectivity index (χ0n) is 50.8. The minimum absolute atomic E-state index is 0.0879. The number of nitrogens with zero attached hydrogens (tertiary/aromatic N) is 2. The van der Waals surface area contributed by atoms with Crippen LogP contribution in [0.4, 0.5) is 9.59 Å². The second-order valence-corrected chi connectivity index (χ2v) is 28.6. The first-order chi connectivity index (χ1) is 34.6. The molecule has 1 fully saturated rings. The van der Waals surface area contributed by atoms with Crippen LogP contribution in [-0.2, 0) is 40.4 Å². The van der Waals surface area contributed by atoms with Crippen molar-refractivity contribution in [2.24, 2.45) is 0 Å². The number of halogens is 1. The molecule has 0 radical (unpaired) electrons. The fourth-order valence-electron chi connectivity index (χ4n) is 8.70. The predicted octanol–water partition coefficient (Wildman–Crippen LogP) is 17.8. The van der Waals surface area contributed by atoms with E-state index in [0.29, 0.717) is 26.2 Å². The summed E-state index contributed by atoms with van der Waals surface area (Å²) in [5.74, 6) is 0. The standard InChI is InChI=1S/C30H41NO2.C20H25Cl.C16H28BNO4/c1-28(2,3)25-18-24(19-26(20-25)29(4,5)6)23-12-10-11-22(17-23)21-13-15-31(16-14-21)27(32)33-30(7,8)9;1-19(2,3)16-10-15(11-17(13-16)20(4,5)6)14-8-7-9-18(21)12-14;1-14(2,3)20-13(19)18-10-8-12(9-11-18)17-21-15(4,5)16(6,7)22-17/h10-13,17-20H,14-16H2,1-9H3;7-13H,1-6H3;8H,9-11H2,1-7H3. The van der Waals surface area contributed by atoms with E-state index in [0.717, 1.165) is 23.3 Å². The summed E-state index contributed by atoms with van der Waals surface area (Å²) in [6.07, 6.45) is 5.26. The van der Waals surface area contributed by atoms with Crippen LogP contribution >= 0.6 is 11.6 Å². The molecule has 0 atom stereocenters. The van der Waals surface area contributed by atoms with Gasteiger partial charge in [-0.3, -0.25) is 0 Å². The first-order valence-corrected chi connectivity index (χ1v) is 27.9. The van der Waals surface area contributed by atoms with Crippen LogP contribution in [0.1, 0.15) is 193 Å². The number of benzene rings is 4. The molecule has 3 aliphatic rings. The Morgan fingerprint density at radius 1 is 0.487 bits per heavy atom. The lowest BCUT2D eigenvalue weighted by Gasteiger charge is -2.32. The molecule has 0 unspecified atom stereocenters. The Morgan fingerprint density at radius 2 is 0.855 bits per heavy atom. The maximum atomic E-state index is 12.4. The largest absolute Gasteiger partial charge is 0.490 e. The normalized spacial score (nSPS) is 17.1. The van der Waals surface area contributed by atoms with E-state index in [1.165, 1.54) is 55.6 Å². The van der Waals surface area contributed by atoms with Gasteiger partial charge in [-0.25, -0.2) is 9.59 Å². The number of ether oxygens (including phenoxy) is 2. The maximum absolute atomic E-state index is 12.4. The molecule has 3 aliphatic heterocycles. The maximum Gasteiger partial charge on any atom is 0.490 e. The van der Waals surface area contributed by atoms with Gasteiger partial charge in [-0.15, -0.1) is 0 Å². The molecule has 4 aromatic carbocycles. The minimum Gasteiger partial charge on any atom is -0.444 e. The van der Waals surface area contributed by atoms with E-state index in [1.54, 1.807) is 9.80 Å². The molecule has 0 N–H and O–H groups in total. The predicted molar refractivity (Wildman–Crippen MR) is 321 cm³/mol. The number of hydrogen-bond donors (Lipinski definition) is 0. The summed E-state index contributed by atoms with van der Waals surface area (Å²) in [6, 6.07) is 30.9. The molecule has 0 aromatic heterocycles. The smallest absolute Gasteiger partial charge is 0.444 e. The van der Waals surface area contributed by atoms with Gasteiger partial charge in [-0.05, 0) is 183 Å². The summed E-state index contributed by atoms with van der Waals surface area (Å²) in [5, 5.41) is 0.783. The third-order valence-corrected chi connectivity index (χ3v) is 14.6. The van der Waals surface area contributed by atoms with Gasteiger partial charge in [-0.1, -0.05) is 174 Å². The van der Waals surface area contributed by atoms with E-state index in [4.69, 9.17) is 30.4 Å². The molecule has 0 spiro atoms. The van der Waals surface area contributed by atoms with Gasteiger partial charge in [0.2, 0.25) is 0 Å². The van der Waals surface area contributed by atoms with Crippen molar-refractivity contribution in [3.05, 3.63) is 135 Å². The van der Waals surface area contributed by atoms with Crippen molar-refractivity contribution in [1.82, 2.24) is 9.80 Å². The van der Waals surface area contributed by atoms with Crippen LogP contribution in [0.3, 0.4) is 0 Å². The Labute approximate surface area is 465 Å². The molecule has 0 bridgehead atoms. The third kappa shape index (κ3) is 17.3. The molecule has 2 amide bonds. The fraction of sp³-hybridized carbons (Fsp3) is 0.545. The topological polar surface area (TPSA) is 77.5 Å². The molecule has 76 heavy (non-hydrogen) atoms. The highest BCUT2D eigenvalue weighted by Gasteiger charge is 2.52. The SMILES string of the molecule is CC(C)(C)OC(=O)N1CC=C(B2OC(C)(C)C(C)(C)O2)CC1.CC(C)(C)OC(=O)N1CC=C(c2cccc(-c3cc(C(C)(C)C)cc(C(C)(C)C)c3)c2)CC1.CC(C)(C)c1cc(-c2cccc(Cl)c2)cc(C(C)(C)C)c1. The van der Waals surface area contributed by atoms with Crippen molar-refractivity contribution < 1.29 is 28.4 Å². The number of carbonyl (C=O) groups is 2. The van der Waals surface area contributed by atoms with Crippen LogP contribution < -0.4 is 0 Å². The highest BCUT2D eigenvalue weighted by Crippen LogP contribution is 2.40. The van der Waals surface area contributed by atoms with Crippen LogP contribution in [0.2, 0.25) is 5.02 Å². The van der Waals surface area contributed by atoms with Crippen LogP contribution in [0, 0.1) is 0 Å². The van der Waals surface area contributed by atoms with Crippen LogP contribution in [0.25, 0.3) is 27.8 Å². The highest BCUT2D eigenvalue weighted by atomic mass is 35.5. The Morgan fingerprint density at radius 3 is 1.20 bits per heavy atom. The van der Waals surface area contributed by atoms with Crippen molar-refractivity contribution >= 4 is 36.5 Å². The lowest BCUT2D eigenvalue weighted by Crippen LogP contribution is -2.41. The summed E-state index contributed by atoms with van der Waals surface area (Å²) in [4.78, 5) is 27.9. The van der Waals surface area contributed by atoms with E-state index in [1.807, 2.05) is 93.5 Å². The van der Waals surface area contributed by atoms with Crippen molar-refractivity contribution in [2.75, 3.05) is 26.2 Å². The van der Waals surface area contributed by atoms with Gasteiger partial charge in [0.25, 0.3) is 0 Å². The Hall–Kier alpha value is -4.83. The third-order valence-electron chi connectivity index (χ3n) is 14.4. The van der Waals surface area contributed by atoms with E-state index in [9.17, 15) is 9.59 Å². The molecular weight excluding hydrogens is 963 g/mol. The summed E-state index contributed by atoms with van der Waals surface area (Å²) in [5.41, 5.74) is 12.9. The quantitative estimate of drug-likeness (QED) is 0.190. The lowest BCUT2D eigenvalue weighted by molar-refractivity contribution is 0.00578. The molecule has 1 saturated heterocycles. The monoisotopic (exact) mass is 1060 g/mol. The molecule has 0 aliphatic carbocycles. The number of carbonyl (C=O) groups excluding carboxylic acids is 2. The summed E-state index contributed by atoms with van der Waals surface area (Å²) < 4.78 is 23.0. The molecule has 3 heterocycles. The fourth-order valence-corrected chi connectivity index (χ4v) is 8.89. The van der Waals surface area contributed by atoms with Crippen LogP contribution in [0.5, 0.6) is 0 Å². The summed E-state index contributed by atoms with van der Waals surface area (Å²) in [7, 11) is -0.314. The van der Waals surface area contributed by atoms with Gasteiger partial charge in [0, 0.05) is 31.2 Å². The Kier molecular flexibility index (Phi) is 19.0. The first kappa shape index (κ1) is 62.0. The molecule has 7 rings (SSSR count). The molecule has 4 aromatic rings. The van der Waals surface area contributed by atoms with Gasteiger partial charge in [0.05, 0.1) is 11.2 Å². The van der Waals surface area contributed by atoms with Gasteiger partial charge in [0.15, 0.2) is 0 Å². The number of amides is 2. The van der Waals surface area contributed by atoms with Crippen molar-refractivity contribution in [2.45, 2.75) is 209 Å². The Bertz CT molecular complexity index is 2670. The van der Waals surface area contributed by atoms with Gasteiger partial charge in [-0.2, -0.15) is 0 Å².